The van der Waals surface area contributed by atoms with Gasteiger partial charge in [0.05, 0.1) is 0 Å². The van der Waals surface area contributed by atoms with Crippen LogP contribution in [0.5, 0.6) is 0 Å². The van der Waals surface area contributed by atoms with Crippen LogP contribution in [-0.2, 0) is 0 Å². The third-order valence-electron chi connectivity index (χ3n) is 1.66. The zero-order valence-corrected chi connectivity index (χ0v) is 8.06. The maximum Gasteiger partial charge on any atom is 0.242 e. The van der Waals surface area contributed by atoms with Gasteiger partial charge in [0.1, 0.15) is 12.7 Å². The van der Waals surface area contributed by atoms with Gasteiger partial charge in [-0.05, 0) is 6.42 Å². The summed E-state index contributed by atoms with van der Waals surface area (Å²) in [6.45, 7) is 3.10. The molecular weight excluding hydrogens is 166 g/mol. The normalized spacial score (nSPS) is 10.0. The molecule has 0 aliphatic heterocycles. The minimum absolute atomic E-state index is 0.645. The molecule has 0 atom stereocenters. The lowest BCUT2D eigenvalue weighted by molar-refractivity contribution is 0.619. The van der Waals surface area contributed by atoms with E-state index in [2.05, 4.69) is 27.3 Å². The van der Waals surface area contributed by atoms with Crippen molar-refractivity contribution in [3.05, 3.63) is 12.7 Å². The van der Waals surface area contributed by atoms with Crippen molar-refractivity contribution in [2.24, 2.45) is 0 Å². The van der Waals surface area contributed by atoms with Crippen molar-refractivity contribution in [2.75, 3.05) is 18.6 Å². The Morgan fingerprint density at radius 1 is 1.38 bits per heavy atom. The Labute approximate surface area is 78.2 Å². The number of unbranched alkanes of at least 4 members (excludes halogenated alkanes) is 1. The standard InChI is InChI=1S/C8H15N5/c1-3-4-5-12-13(2)8-10-6-9-7-11-8/h6-7,12H,3-5H2,1-2H3. The summed E-state index contributed by atoms with van der Waals surface area (Å²) in [5, 5.41) is 1.80. The van der Waals surface area contributed by atoms with Crippen LogP contribution in [0.2, 0.25) is 0 Å². The highest BCUT2D eigenvalue weighted by atomic mass is 15.5. The molecule has 0 saturated heterocycles. The van der Waals surface area contributed by atoms with Gasteiger partial charge < -0.3 is 0 Å². The monoisotopic (exact) mass is 181 g/mol. The van der Waals surface area contributed by atoms with Crippen LogP contribution in [0.4, 0.5) is 5.95 Å². The van der Waals surface area contributed by atoms with E-state index in [0.717, 1.165) is 13.0 Å². The second-order valence-electron chi connectivity index (χ2n) is 2.76. The minimum atomic E-state index is 0.645. The third-order valence-corrected chi connectivity index (χ3v) is 1.66. The summed E-state index contributed by atoms with van der Waals surface area (Å²) in [4.78, 5) is 11.7. The lowest BCUT2D eigenvalue weighted by Crippen LogP contribution is -2.36. The molecule has 0 aromatic carbocycles. The van der Waals surface area contributed by atoms with Crippen LogP contribution in [0.3, 0.4) is 0 Å². The zero-order valence-electron chi connectivity index (χ0n) is 8.06. The van der Waals surface area contributed by atoms with Crippen molar-refractivity contribution >= 4 is 5.95 Å². The second kappa shape index (κ2) is 5.42. The second-order valence-corrected chi connectivity index (χ2v) is 2.76. The van der Waals surface area contributed by atoms with Crippen molar-refractivity contribution < 1.29 is 0 Å². The van der Waals surface area contributed by atoms with Crippen molar-refractivity contribution in [3.8, 4) is 0 Å². The van der Waals surface area contributed by atoms with E-state index in [1.54, 1.807) is 5.01 Å². The summed E-state index contributed by atoms with van der Waals surface area (Å²) in [6, 6.07) is 0. The molecular formula is C8H15N5. The van der Waals surface area contributed by atoms with E-state index in [9.17, 15) is 0 Å². The first kappa shape index (κ1) is 9.85. The summed E-state index contributed by atoms with van der Waals surface area (Å²) in [5.74, 6) is 0.645. The molecule has 72 valence electrons. The first-order chi connectivity index (χ1) is 6.34. The Hall–Kier alpha value is -1.23. The Balaban J connectivity index is 2.35. The highest BCUT2D eigenvalue weighted by molar-refractivity contribution is 5.22. The molecule has 0 amide bonds. The van der Waals surface area contributed by atoms with Crippen molar-refractivity contribution in [1.29, 1.82) is 0 Å². The van der Waals surface area contributed by atoms with E-state index in [4.69, 9.17) is 0 Å². The molecule has 0 spiro atoms. The Kier molecular flexibility index (Phi) is 4.11. The molecule has 13 heavy (non-hydrogen) atoms. The fourth-order valence-corrected chi connectivity index (χ4v) is 0.901. The lowest BCUT2D eigenvalue weighted by Gasteiger charge is -2.16. The summed E-state index contributed by atoms with van der Waals surface area (Å²) in [7, 11) is 1.89. The van der Waals surface area contributed by atoms with Crippen LogP contribution in [0.15, 0.2) is 12.7 Å². The number of nitrogens with zero attached hydrogens (tertiary/aromatic N) is 4. The van der Waals surface area contributed by atoms with E-state index in [-0.39, 0.29) is 0 Å². The molecule has 0 aliphatic rings. The van der Waals surface area contributed by atoms with Crippen LogP contribution >= 0.6 is 0 Å². The molecule has 0 bridgehead atoms. The fraction of sp³-hybridized carbons (Fsp3) is 0.625. The molecule has 0 unspecified atom stereocenters. The molecule has 1 aromatic heterocycles. The number of hydrazine groups is 1. The van der Waals surface area contributed by atoms with Crippen molar-refractivity contribution in [2.45, 2.75) is 19.8 Å². The molecule has 1 aromatic rings. The summed E-state index contributed by atoms with van der Waals surface area (Å²) in [6.07, 6.45) is 5.30. The number of rotatable bonds is 5. The molecule has 1 N–H and O–H groups in total. The summed E-state index contributed by atoms with van der Waals surface area (Å²) < 4.78 is 0. The third kappa shape index (κ3) is 3.33. The van der Waals surface area contributed by atoms with Gasteiger partial charge in [-0.2, -0.15) is 0 Å². The van der Waals surface area contributed by atoms with Crippen LogP contribution in [0.1, 0.15) is 19.8 Å². The number of anilines is 1. The Morgan fingerprint density at radius 3 is 2.69 bits per heavy atom. The molecule has 0 aliphatic carbocycles. The highest BCUT2D eigenvalue weighted by Crippen LogP contribution is 1.96. The van der Waals surface area contributed by atoms with E-state index in [0.29, 0.717) is 5.95 Å². The number of nitrogens with one attached hydrogen (secondary N) is 1. The van der Waals surface area contributed by atoms with Crippen LogP contribution in [-0.4, -0.2) is 28.5 Å². The minimum Gasteiger partial charge on any atom is -0.279 e. The largest absolute Gasteiger partial charge is 0.279 e. The van der Waals surface area contributed by atoms with Crippen LogP contribution in [0.25, 0.3) is 0 Å². The molecule has 0 fully saturated rings. The maximum atomic E-state index is 4.00. The average Bonchev–Trinajstić information content (AvgIpc) is 2.19. The van der Waals surface area contributed by atoms with Gasteiger partial charge in [0.2, 0.25) is 5.95 Å². The number of hydrogen-bond acceptors (Lipinski definition) is 5. The molecule has 0 saturated carbocycles. The van der Waals surface area contributed by atoms with Gasteiger partial charge in [-0.15, -0.1) is 0 Å². The molecule has 5 nitrogen and oxygen atoms in total. The first-order valence-electron chi connectivity index (χ1n) is 4.44. The summed E-state index contributed by atoms with van der Waals surface area (Å²) in [5.41, 5.74) is 3.18. The van der Waals surface area contributed by atoms with Gasteiger partial charge >= 0.3 is 0 Å². The maximum absolute atomic E-state index is 4.00. The van der Waals surface area contributed by atoms with Gasteiger partial charge in [-0.25, -0.2) is 20.4 Å². The van der Waals surface area contributed by atoms with E-state index in [1.807, 2.05) is 7.05 Å². The van der Waals surface area contributed by atoms with E-state index < -0.39 is 0 Å². The number of aromatic nitrogens is 3. The molecule has 0 radical (unpaired) electrons. The van der Waals surface area contributed by atoms with Gasteiger partial charge in [-0.1, -0.05) is 13.3 Å². The number of hydrogen-bond donors (Lipinski definition) is 1. The predicted octanol–water partition coefficient (Wildman–Crippen LogP) is 0.613. The Bertz CT molecular complexity index is 225. The average molecular weight is 181 g/mol. The Morgan fingerprint density at radius 2 is 2.08 bits per heavy atom. The van der Waals surface area contributed by atoms with Gasteiger partial charge in [-0.3, -0.25) is 5.01 Å². The van der Waals surface area contributed by atoms with E-state index >= 15 is 0 Å². The van der Waals surface area contributed by atoms with E-state index in [1.165, 1.54) is 19.1 Å². The predicted molar refractivity (Wildman–Crippen MR) is 51.1 cm³/mol. The van der Waals surface area contributed by atoms with Crippen molar-refractivity contribution in [3.63, 3.8) is 0 Å². The van der Waals surface area contributed by atoms with Crippen molar-refractivity contribution in [1.82, 2.24) is 20.4 Å². The lowest BCUT2D eigenvalue weighted by atomic mass is 10.3. The highest BCUT2D eigenvalue weighted by Gasteiger charge is 2.00. The van der Waals surface area contributed by atoms with Gasteiger partial charge in [0.15, 0.2) is 0 Å². The first-order valence-corrected chi connectivity index (χ1v) is 4.44. The topological polar surface area (TPSA) is 53.9 Å². The molecule has 1 rings (SSSR count). The smallest absolute Gasteiger partial charge is 0.242 e. The summed E-state index contributed by atoms with van der Waals surface area (Å²) >= 11 is 0. The van der Waals surface area contributed by atoms with Crippen LogP contribution in [0, 0.1) is 0 Å². The molecule has 1 heterocycles. The zero-order chi connectivity index (χ0) is 9.52. The molecule has 5 heteroatoms. The van der Waals surface area contributed by atoms with Gasteiger partial charge in [0.25, 0.3) is 0 Å². The fourth-order valence-electron chi connectivity index (χ4n) is 0.901. The van der Waals surface area contributed by atoms with Gasteiger partial charge in [0, 0.05) is 13.6 Å². The quantitative estimate of drug-likeness (QED) is 0.533. The SMILES string of the molecule is CCCCNN(C)c1ncncn1. The van der Waals surface area contributed by atoms with Crippen LogP contribution < -0.4 is 10.4 Å².